The molecule has 0 aliphatic heterocycles. The lowest BCUT2D eigenvalue weighted by Gasteiger charge is -2.01. The second-order valence-electron chi connectivity index (χ2n) is 3.91. The molecule has 0 amide bonds. The molecule has 0 aliphatic rings. The minimum Gasteiger partial charge on any atom is -0.283 e. The predicted molar refractivity (Wildman–Crippen MR) is 71.1 cm³/mol. The molecular formula is C12H9ClF2N2O2S. The molecule has 8 heteroatoms. The lowest BCUT2D eigenvalue weighted by Crippen LogP contribution is -2.08. The second kappa shape index (κ2) is 5.72. The van der Waals surface area contributed by atoms with Crippen LogP contribution in [0.5, 0.6) is 0 Å². The molecule has 0 spiro atoms. The van der Waals surface area contributed by atoms with E-state index >= 15 is 0 Å². The van der Waals surface area contributed by atoms with E-state index in [1.165, 1.54) is 24.4 Å². The molecule has 1 aromatic carbocycles. The Kier molecular flexibility index (Phi) is 4.20. The molecule has 20 heavy (non-hydrogen) atoms. The van der Waals surface area contributed by atoms with Crippen LogP contribution in [0, 0.1) is 5.82 Å². The number of rotatable bonds is 4. The van der Waals surface area contributed by atoms with Crippen LogP contribution >= 0.6 is 11.6 Å². The Balaban J connectivity index is 2.26. The van der Waals surface area contributed by atoms with Crippen molar-refractivity contribution in [2.45, 2.75) is 5.03 Å². The van der Waals surface area contributed by atoms with Gasteiger partial charge in [-0.3, -0.25) is 5.10 Å². The van der Waals surface area contributed by atoms with Crippen molar-refractivity contribution in [2.75, 3.05) is 5.75 Å². The Bertz CT molecular complexity index is 756. The standard InChI is InChI=1S/C12H9ClF2N2O2S/c13-10-6-16-17-12(10)20(18,19)7-9(14)5-8-3-1-2-4-11(8)15/h1-6H,7H2,(H,16,17). The van der Waals surface area contributed by atoms with Gasteiger partial charge in [-0.1, -0.05) is 29.8 Å². The molecule has 2 rings (SSSR count). The van der Waals surface area contributed by atoms with Crippen LogP contribution in [-0.4, -0.2) is 24.4 Å². The van der Waals surface area contributed by atoms with E-state index in [4.69, 9.17) is 11.6 Å². The van der Waals surface area contributed by atoms with E-state index < -0.39 is 32.3 Å². The summed E-state index contributed by atoms with van der Waals surface area (Å²) in [5, 5.41) is 5.17. The van der Waals surface area contributed by atoms with Gasteiger partial charge in [0.05, 0.1) is 5.02 Å². The van der Waals surface area contributed by atoms with Gasteiger partial charge in [-0.05, 0) is 12.1 Å². The third kappa shape index (κ3) is 3.23. The molecule has 0 saturated heterocycles. The maximum absolute atomic E-state index is 13.7. The molecule has 2 aromatic rings. The van der Waals surface area contributed by atoms with Crippen molar-refractivity contribution in [3.63, 3.8) is 0 Å². The summed E-state index contributed by atoms with van der Waals surface area (Å²) < 4.78 is 50.8. The normalized spacial score (nSPS) is 12.7. The Morgan fingerprint density at radius 2 is 2.10 bits per heavy atom. The highest BCUT2D eigenvalue weighted by Crippen LogP contribution is 2.22. The van der Waals surface area contributed by atoms with Gasteiger partial charge in [0, 0.05) is 11.8 Å². The van der Waals surface area contributed by atoms with Crippen LogP contribution in [0.1, 0.15) is 5.56 Å². The lowest BCUT2D eigenvalue weighted by molar-refractivity contribution is 0.581. The average Bonchev–Trinajstić information content (AvgIpc) is 2.78. The summed E-state index contributed by atoms with van der Waals surface area (Å²) in [4.78, 5) is 0. The molecule has 0 unspecified atom stereocenters. The van der Waals surface area contributed by atoms with Crippen LogP contribution in [-0.2, 0) is 9.84 Å². The van der Waals surface area contributed by atoms with Crippen LogP contribution in [0.25, 0.3) is 6.08 Å². The van der Waals surface area contributed by atoms with Crippen molar-refractivity contribution in [1.29, 1.82) is 0 Å². The molecular weight excluding hydrogens is 310 g/mol. The smallest absolute Gasteiger partial charge is 0.205 e. The molecule has 0 atom stereocenters. The first-order valence-corrected chi connectivity index (χ1v) is 7.46. The van der Waals surface area contributed by atoms with E-state index in [-0.39, 0.29) is 10.6 Å². The quantitative estimate of drug-likeness (QED) is 0.942. The summed E-state index contributed by atoms with van der Waals surface area (Å²) in [5.74, 6) is -2.58. The molecule has 0 saturated carbocycles. The number of benzene rings is 1. The molecule has 0 bridgehead atoms. The molecule has 0 aliphatic carbocycles. The number of halogens is 3. The van der Waals surface area contributed by atoms with Gasteiger partial charge in [-0.2, -0.15) is 5.10 Å². The highest BCUT2D eigenvalue weighted by molar-refractivity contribution is 7.91. The van der Waals surface area contributed by atoms with Gasteiger partial charge in [0.25, 0.3) is 0 Å². The van der Waals surface area contributed by atoms with Crippen LogP contribution in [0.3, 0.4) is 0 Å². The van der Waals surface area contributed by atoms with Gasteiger partial charge in [0.2, 0.25) is 9.84 Å². The van der Waals surface area contributed by atoms with Gasteiger partial charge < -0.3 is 0 Å². The monoisotopic (exact) mass is 318 g/mol. The highest BCUT2D eigenvalue weighted by atomic mass is 35.5. The van der Waals surface area contributed by atoms with Gasteiger partial charge in [0.15, 0.2) is 5.03 Å². The fourth-order valence-electron chi connectivity index (χ4n) is 1.53. The van der Waals surface area contributed by atoms with Gasteiger partial charge in [-0.25, -0.2) is 17.2 Å². The number of hydrogen-bond acceptors (Lipinski definition) is 3. The molecule has 1 aromatic heterocycles. The minimum absolute atomic E-state index is 0.0340. The lowest BCUT2D eigenvalue weighted by atomic mass is 10.2. The van der Waals surface area contributed by atoms with E-state index in [9.17, 15) is 17.2 Å². The molecule has 0 radical (unpaired) electrons. The zero-order valence-corrected chi connectivity index (χ0v) is 11.5. The number of sulfone groups is 1. The Labute approximate surface area is 119 Å². The summed E-state index contributed by atoms with van der Waals surface area (Å²) in [6, 6.07) is 5.45. The Morgan fingerprint density at radius 1 is 1.40 bits per heavy atom. The van der Waals surface area contributed by atoms with Gasteiger partial charge in [0.1, 0.15) is 17.4 Å². The first-order valence-electron chi connectivity index (χ1n) is 5.43. The summed E-state index contributed by atoms with van der Waals surface area (Å²) >= 11 is 5.62. The topological polar surface area (TPSA) is 62.8 Å². The average molecular weight is 319 g/mol. The van der Waals surface area contributed by atoms with Crippen molar-refractivity contribution in [1.82, 2.24) is 10.2 Å². The summed E-state index contributed by atoms with van der Waals surface area (Å²) in [5.41, 5.74) is -0.0340. The number of H-pyrrole nitrogens is 1. The number of nitrogens with one attached hydrogen (secondary N) is 1. The maximum atomic E-state index is 13.7. The fourth-order valence-corrected chi connectivity index (χ4v) is 3.11. The van der Waals surface area contributed by atoms with E-state index in [0.717, 1.165) is 12.1 Å². The molecule has 1 N–H and O–H groups in total. The molecule has 106 valence electrons. The van der Waals surface area contributed by atoms with E-state index in [0.29, 0.717) is 0 Å². The van der Waals surface area contributed by atoms with E-state index in [1.807, 2.05) is 0 Å². The van der Waals surface area contributed by atoms with Crippen LogP contribution < -0.4 is 0 Å². The van der Waals surface area contributed by atoms with Gasteiger partial charge >= 0.3 is 0 Å². The van der Waals surface area contributed by atoms with Crippen molar-refractivity contribution < 1.29 is 17.2 Å². The largest absolute Gasteiger partial charge is 0.283 e. The number of aromatic amines is 1. The zero-order valence-electron chi connectivity index (χ0n) is 9.98. The van der Waals surface area contributed by atoms with Crippen molar-refractivity contribution in [3.8, 4) is 0 Å². The van der Waals surface area contributed by atoms with Gasteiger partial charge in [-0.15, -0.1) is 0 Å². The molecule has 4 nitrogen and oxygen atoms in total. The number of hydrogen-bond donors (Lipinski definition) is 1. The summed E-state index contributed by atoms with van der Waals surface area (Å²) in [6.07, 6.45) is 2.00. The van der Waals surface area contributed by atoms with Crippen LogP contribution in [0.2, 0.25) is 5.02 Å². The number of nitrogens with zero attached hydrogens (tertiary/aromatic N) is 1. The first kappa shape index (κ1) is 14.7. The SMILES string of the molecule is O=S(=O)(CC(F)=Cc1ccccc1F)c1n[nH]cc1Cl. The first-order chi connectivity index (χ1) is 9.40. The van der Waals surface area contributed by atoms with E-state index in [2.05, 4.69) is 10.2 Å². The Morgan fingerprint density at radius 3 is 2.70 bits per heavy atom. The zero-order chi connectivity index (χ0) is 14.8. The fraction of sp³-hybridized carbons (Fsp3) is 0.0833. The summed E-state index contributed by atoms with van der Waals surface area (Å²) in [7, 11) is -4.02. The van der Waals surface area contributed by atoms with Crippen molar-refractivity contribution in [2.24, 2.45) is 0 Å². The predicted octanol–water partition coefficient (Wildman–Crippen LogP) is 2.99. The van der Waals surface area contributed by atoms with Crippen LogP contribution in [0.15, 0.2) is 41.3 Å². The second-order valence-corrected chi connectivity index (χ2v) is 6.22. The third-order valence-electron chi connectivity index (χ3n) is 2.40. The molecule has 1 heterocycles. The number of aromatic nitrogens is 2. The van der Waals surface area contributed by atoms with Crippen molar-refractivity contribution >= 4 is 27.5 Å². The maximum Gasteiger partial charge on any atom is 0.205 e. The Hall–Kier alpha value is -1.73. The molecule has 0 fully saturated rings. The highest BCUT2D eigenvalue weighted by Gasteiger charge is 2.23. The minimum atomic E-state index is -4.02. The van der Waals surface area contributed by atoms with E-state index in [1.54, 1.807) is 0 Å². The third-order valence-corrected chi connectivity index (χ3v) is 4.36. The van der Waals surface area contributed by atoms with Crippen molar-refractivity contribution in [3.05, 3.63) is 52.7 Å². The van der Waals surface area contributed by atoms with Crippen LogP contribution in [0.4, 0.5) is 8.78 Å². The summed E-state index contributed by atoms with van der Waals surface area (Å²) in [6.45, 7) is 0.